The molecule has 1 atom stereocenters. The van der Waals surface area contributed by atoms with Crippen molar-refractivity contribution in [1.29, 1.82) is 0 Å². The molecule has 0 saturated carbocycles. The van der Waals surface area contributed by atoms with E-state index in [0.717, 1.165) is 25.3 Å². The van der Waals surface area contributed by atoms with Crippen LogP contribution in [0, 0.1) is 18.3 Å². The highest BCUT2D eigenvalue weighted by atomic mass is 32.2. The van der Waals surface area contributed by atoms with Gasteiger partial charge in [-0.3, -0.25) is 4.79 Å². The van der Waals surface area contributed by atoms with Crippen LogP contribution in [0.4, 0.5) is 0 Å². The quantitative estimate of drug-likeness (QED) is 0.499. The minimum atomic E-state index is 0.154. The van der Waals surface area contributed by atoms with E-state index in [1.165, 1.54) is 0 Å². The minimum absolute atomic E-state index is 0.154. The lowest BCUT2D eigenvalue weighted by atomic mass is 10.1. The molecule has 3 heteroatoms. The first kappa shape index (κ1) is 10.5. The van der Waals surface area contributed by atoms with Gasteiger partial charge < -0.3 is 4.90 Å². The number of hydrogen-bond acceptors (Lipinski definition) is 2. The van der Waals surface area contributed by atoms with Crippen molar-refractivity contribution in [2.45, 2.75) is 12.8 Å². The number of carbonyl (C=O) groups excluding carboxylic acids is 1. The third-order valence-corrected chi connectivity index (χ3v) is 2.92. The van der Waals surface area contributed by atoms with E-state index in [1.54, 1.807) is 0 Å². The zero-order valence-electron chi connectivity index (χ0n) is 7.95. The van der Waals surface area contributed by atoms with Gasteiger partial charge in [0.15, 0.2) is 0 Å². The Morgan fingerprint density at radius 3 is 3.08 bits per heavy atom. The molecule has 0 aromatic carbocycles. The Labute approximate surface area is 84.1 Å². The van der Waals surface area contributed by atoms with E-state index in [0.29, 0.717) is 6.42 Å². The van der Waals surface area contributed by atoms with Crippen LogP contribution < -0.4 is 0 Å². The second-order valence-electron chi connectivity index (χ2n) is 3.25. The van der Waals surface area contributed by atoms with Crippen LogP contribution in [0.5, 0.6) is 0 Å². The van der Waals surface area contributed by atoms with Gasteiger partial charge in [-0.15, -0.1) is 12.3 Å². The molecule has 0 radical (unpaired) electrons. The standard InChI is InChI=1S/C10H15NOS/c1-3-9-7-10(12)11(8-9)5-4-6-13-2/h1,9H,4-8H2,2H3. The van der Waals surface area contributed by atoms with Crippen molar-refractivity contribution < 1.29 is 4.79 Å². The van der Waals surface area contributed by atoms with Crippen LogP contribution in [-0.4, -0.2) is 35.9 Å². The van der Waals surface area contributed by atoms with Crippen LogP contribution in [0.3, 0.4) is 0 Å². The smallest absolute Gasteiger partial charge is 0.223 e. The van der Waals surface area contributed by atoms with E-state index in [2.05, 4.69) is 12.2 Å². The lowest BCUT2D eigenvalue weighted by molar-refractivity contribution is -0.127. The van der Waals surface area contributed by atoms with E-state index < -0.39 is 0 Å². The summed E-state index contributed by atoms with van der Waals surface area (Å²) in [6.07, 6.45) is 8.98. The predicted molar refractivity (Wildman–Crippen MR) is 56.5 cm³/mol. The number of rotatable bonds is 4. The average molecular weight is 197 g/mol. The Morgan fingerprint density at radius 1 is 1.77 bits per heavy atom. The van der Waals surface area contributed by atoms with Gasteiger partial charge in [0, 0.05) is 25.4 Å². The molecule has 0 spiro atoms. The van der Waals surface area contributed by atoms with Gasteiger partial charge >= 0.3 is 0 Å². The number of likely N-dealkylation sites (tertiary alicyclic amines) is 1. The van der Waals surface area contributed by atoms with E-state index in [-0.39, 0.29) is 11.8 Å². The Balaban J connectivity index is 2.28. The molecule has 13 heavy (non-hydrogen) atoms. The van der Waals surface area contributed by atoms with Crippen LogP contribution in [-0.2, 0) is 4.79 Å². The number of hydrogen-bond donors (Lipinski definition) is 0. The summed E-state index contributed by atoms with van der Waals surface area (Å²) in [5.74, 6) is 4.14. The predicted octanol–water partition coefficient (Wildman–Crippen LogP) is 1.22. The molecule has 1 heterocycles. The molecule has 1 aliphatic heterocycles. The molecule has 1 fully saturated rings. The molecular formula is C10H15NOS. The Bertz CT molecular complexity index is 221. The Hall–Kier alpha value is -0.620. The van der Waals surface area contributed by atoms with Gasteiger partial charge in [-0.25, -0.2) is 0 Å². The van der Waals surface area contributed by atoms with Crippen LogP contribution in [0.15, 0.2) is 0 Å². The average Bonchev–Trinajstić information content (AvgIpc) is 2.48. The molecule has 0 aromatic rings. The van der Waals surface area contributed by atoms with Gasteiger partial charge in [-0.1, -0.05) is 0 Å². The lowest BCUT2D eigenvalue weighted by Gasteiger charge is -2.14. The Kier molecular flexibility index (Phi) is 4.17. The number of terminal acetylenes is 1. The van der Waals surface area contributed by atoms with Crippen LogP contribution in [0.25, 0.3) is 0 Å². The molecule has 1 unspecified atom stereocenters. The Morgan fingerprint density at radius 2 is 2.54 bits per heavy atom. The van der Waals surface area contributed by atoms with Gasteiger partial charge in [0.1, 0.15) is 0 Å². The van der Waals surface area contributed by atoms with Crippen LogP contribution in [0.1, 0.15) is 12.8 Å². The fourth-order valence-electron chi connectivity index (χ4n) is 1.50. The molecular weight excluding hydrogens is 182 g/mol. The van der Waals surface area contributed by atoms with Crippen molar-refractivity contribution in [1.82, 2.24) is 4.90 Å². The van der Waals surface area contributed by atoms with Gasteiger partial charge in [-0.2, -0.15) is 11.8 Å². The van der Waals surface area contributed by atoms with Crippen molar-refractivity contribution in [2.75, 3.05) is 25.1 Å². The molecule has 0 aromatic heterocycles. The summed E-state index contributed by atoms with van der Waals surface area (Å²) in [5, 5.41) is 0. The first-order valence-electron chi connectivity index (χ1n) is 4.50. The summed E-state index contributed by atoms with van der Waals surface area (Å²) >= 11 is 1.81. The van der Waals surface area contributed by atoms with E-state index in [1.807, 2.05) is 16.7 Å². The lowest BCUT2D eigenvalue weighted by Crippen LogP contribution is -2.26. The SMILES string of the molecule is C#CC1CC(=O)N(CCCSC)C1. The summed E-state index contributed by atoms with van der Waals surface area (Å²) in [6.45, 7) is 1.64. The number of nitrogens with zero attached hydrogens (tertiary/aromatic N) is 1. The zero-order valence-corrected chi connectivity index (χ0v) is 8.77. The zero-order chi connectivity index (χ0) is 9.68. The summed E-state index contributed by atoms with van der Waals surface area (Å²) in [6, 6.07) is 0. The molecule has 72 valence electrons. The second kappa shape index (κ2) is 5.18. The topological polar surface area (TPSA) is 20.3 Å². The second-order valence-corrected chi connectivity index (χ2v) is 4.24. The molecule has 0 N–H and O–H groups in total. The normalized spacial score (nSPS) is 22.0. The number of thioether (sulfide) groups is 1. The van der Waals surface area contributed by atoms with Crippen LogP contribution >= 0.6 is 11.8 Å². The van der Waals surface area contributed by atoms with Crippen molar-refractivity contribution in [3.8, 4) is 12.3 Å². The van der Waals surface area contributed by atoms with Gasteiger partial charge in [0.05, 0.1) is 0 Å². The third-order valence-electron chi connectivity index (χ3n) is 2.23. The molecule has 1 saturated heterocycles. The highest BCUT2D eigenvalue weighted by Gasteiger charge is 2.27. The maximum Gasteiger partial charge on any atom is 0.223 e. The van der Waals surface area contributed by atoms with Crippen LogP contribution in [0.2, 0.25) is 0 Å². The van der Waals surface area contributed by atoms with Crippen molar-refractivity contribution in [3.63, 3.8) is 0 Å². The van der Waals surface area contributed by atoms with E-state index in [4.69, 9.17) is 6.42 Å². The summed E-state index contributed by atoms with van der Waals surface area (Å²) in [7, 11) is 0. The molecule has 1 rings (SSSR count). The van der Waals surface area contributed by atoms with Crippen molar-refractivity contribution in [2.24, 2.45) is 5.92 Å². The summed E-state index contributed by atoms with van der Waals surface area (Å²) in [4.78, 5) is 13.3. The maximum absolute atomic E-state index is 11.4. The number of amides is 1. The van der Waals surface area contributed by atoms with Gasteiger partial charge in [0.25, 0.3) is 0 Å². The fourth-order valence-corrected chi connectivity index (χ4v) is 1.92. The number of carbonyl (C=O) groups is 1. The van der Waals surface area contributed by atoms with E-state index >= 15 is 0 Å². The molecule has 0 aliphatic carbocycles. The van der Waals surface area contributed by atoms with Gasteiger partial charge in [0.2, 0.25) is 5.91 Å². The van der Waals surface area contributed by atoms with Gasteiger partial charge in [-0.05, 0) is 18.4 Å². The largest absolute Gasteiger partial charge is 0.341 e. The minimum Gasteiger partial charge on any atom is -0.341 e. The van der Waals surface area contributed by atoms with E-state index in [9.17, 15) is 4.79 Å². The fraction of sp³-hybridized carbons (Fsp3) is 0.700. The first-order valence-corrected chi connectivity index (χ1v) is 5.90. The van der Waals surface area contributed by atoms with Crippen molar-refractivity contribution in [3.05, 3.63) is 0 Å². The summed E-state index contributed by atoms with van der Waals surface area (Å²) < 4.78 is 0. The highest BCUT2D eigenvalue weighted by molar-refractivity contribution is 7.98. The summed E-state index contributed by atoms with van der Waals surface area (Å²) in [5.41, 5.74) is 0. The molecule has 1 amide bonds. The first-order chi connectivity index (χ1) is 6.27. The molecule has 2 nitrogen and oxygen atoms in total. The highest BCUT2D eigenvalue weighted by Crippen LogP contribution is 2.16. The molecule has 0 bridgehead atoms. The maximum atomic E-state index is 11.4. The molecule has 1 aliphatic rings. The third kappa shape index (κ3) is 2.96. The monoisotopic (exact) mass is 197 g/mol. The van der Waals surface area contributed by atoms with Crippen molar-refractivity contribution >= 4 is 17.7 Å².